The summed E-state index contributed by atoms with van der Waals surface area (Å²) in [6.07, 6.45) is 3.65. The number of unbranched alkanes of at least 4 members (excludes halogenated alkanes) is 1. The molecule has 9 nitrogen and oxygen atoms in total. The van der Waals surface area contributed by atoms with Gasteiger partial charge < -0.3 is 25.2 Å². The third-order valence-corrected chi connectivity index (χ3v) is 5.43. The Hall–Kier alpha value is -1.91. The van der Waals surface area contributed by atoms with Gasteiger partial charge in [0.15, 0.2) is 11.6 Å². The minimum Gasteiger partial charge on any atom is -0.616 e. The molecule has 3 N–H and O–H groups in total. The second-order valence-corrected chi connectivity index (χ2v) is 7.75. The van der Waals surface area contributed by atoms with Crippen molar-refractivity contribution in [2.75, 3.05) is 59.8 Å². The van der Waals surface area contributed by atoms with E-state index in [-0.39, 0.29) is 6.61 Å². The minimum atomic E-state index is -0.767. The Morgan fingerprint density at radius 1 is 1.15 bits per heavy atom. The normalized spacial score (nSPS) is 15.4. The number of fused-ring (bicyclic) bond motifs is 1. The van der Waals surface area contributed by atoms with Gasteiger partial charge >= 0.3 is 0 Å². The third kappa shape index (κ3) is 4.43. The van der Waals surface area contributed by atoms with Crippen molar-refractivity contribution in [1.82, 2.24) is 19.9 Å². The summed E-state index contributed by atoms with van der Waals surface area (Å²) in [6.45, 7) is 4.64. The monoisotopic (exact) mass is 379 g/mol. The number of rotatable bonds is 8. The average Bonchev–Trinajstić information content (AvgIpc) is 2.67. The number of anilines is 3. The number of hydrogen-bond acceptors (Lipinski definition) is 9. The zero-order valence-electron chi connectivity index (χ0n) is 14.9. The Morgan fingerprint density at radius 2 is 1.96 bits per heavy atom. The van der Waals surface area contributed by atoms with E-state index in [1.165, 1.54) is 6.33 Å². The highest BCUT2D eigenvalue weighted by atomic mass is 32.2. The topological polar surface area (TPSA) is 122 Å². The van der Waals surface area contributed by atoms with E-state index in [0.717, 1.165) is 19.4 Å². The Labute approximate surface area is 155 Å². The minimum absolute atomic E-state index is 0.00762. The fourth-order valence-electron chi connectivity index (χ4n) is 2.76. The van der Waals surface area contributed by atoms with E-state index in [0.29, 0.717) is 59.8 Å². The molecule has 0 amide bonds. The summed E-state index contributed by atoms with van der Waals surface area (Å²) in [5.74, 6) is 3.07. The Kier molecular flexibility index (Phi) is 6.64. The van der Waals surface area contributed by atoms with E-state index in [9.17, 15) is 4.55 Å². The van der Waals surface area contributed by atoms with Crippen molar-refractivity contribution < 1.29 is 9.66 Å². The molecule has 26 heavy (non-hydrogen) atoms. The molecule has 0 atom stereocenters. The number of aromatic nitrogens is 4. The van der Waals surface area contributed by atoms with Crippen LogP contribution in [0.25, 0.3) is 11.0 Å². The van der Waals surface area contributed by atoms with Gasteiger partial charge in [-0.2, -0.15) is 4.98 Å². The zero-order chi connectivity index (χ0) is 18.4. The predicted molar refractivity (Wildman–Crippen MR) is 104 cm³/mol. The van der Waals surface area contributed by atoms with Crippen LogP contribution >= 0.6 is 0 Å². The maximum atomic E-state index is 11.7. The van der Waals surface area contributed by atoms with Gasteiger partial charge in [0.1, 0.15) is 28.9 Å². The van der Waals surface area contributed by atoms with Crippen LogP contribution in [-0.2, 0) is 11.2 Å². The first-order valence-corrected chi connectivity index (χ1v) is 10.4. The quantitative estimate of drug-likeness (QED) is 0.447. The molecule has 3 heterocycles. The summed E-state index contributed by atoms with van der Waals surface area (Å²) in [5.41, 5.74) is 1.34. The lowest BCUT2D eigenvalue weighted by molar-refractivity contribution is 0.311. The summed E-state index contributed by atoms with van der Waals surface area (Å²) in [5, 5.41) is 15.4. The molecule has 1 saturated heterocycles. The number of aliphatic hydroxyl groups excluding tert-OH is 1. The van der Waals surface area contributed by atoms with Gasteiger partial charge in [0, 0.05) is 13.1 Å². The molecular formula is C16H25N7O2S. The highest BCUT2D eigenvalue weighted by molar-refractivity contribution is 7.91. The van der Waals surface area contributed by atoms with E-state index in [1.807, 2.05) is 0 Å². The number of nitrogens with one attached hydrogen (secondary N) is 2. The maximum absolute atomic E-state index is 11.7. The van der Waals surface area contributed by atoms with E-state index >= 15 is 0 Å². The largest absolute Gasteiger partial charge is 0.616 e. The standard InChI is InChI=1S/C16H25N7O2S/c1-2-3-4-17-14-12-13(19-11-20-14)15(22-16(21-12)18-5-8-24)23-6-9-26(25)10-7-23/h11,24H,2-10H2,1H3,(H,17,19,20)(H,18,21,22). The van der Waals surface area contributed by atoms with Gasteiger partial charge in [-0.15, -0.1) is 0 Å². The molecule has 1 aliphatic rings. The summed E-state index contributed by atoms with van der Waals surface area (Å²) in [4.78, 5) is 20.0. The first kappa shape index (κ1) is 18.9. The van der Waals surface area contributed by atoms with Gasteiger partial charge in [-0.05, 0) is 6.42 Å². The molecule has 1 aliphatic heterocycles. The molecule has 0 spiro atoms. The molecule has 1 fully saturated rings. The van der Waals surface area contributed by atoms with Crippen LogP contribution in [0, 0.1) is 0 Å². The molecular weight excluding hydrogens is 354 g/mol. The summed E-state index contributed by atoms with van der Waals surface area (Å²) in [6, 6.07) is 0. The molecule has 3 rings (SSSR count). The van der Waals surface area contributed by atoms with Crippen LogP contribution in [0.15, 0.2) is 6.33 Å². The smallest absolute Gasteiger partial charge is 0.225 e. The van der Waals surface area contributed by atoms with Crippen LogP contribution in [0.2, 0.25) is 0 Å². The second-order valence-electron chi connectivity index (χ2n) is 6.06. The number of hydrogen-bond donors (Lipinski definition) is 3. The highest BCUT2D eigenvalue weighted by Crippen LogP contribution is 2.28. The molecule has 2 aromatic heterocycles. The molecule has 0 bridgehead atoms. The van der Waals surface area contributed by atoms with Crippen molar-refractivity contribution in [2.45, 2.75) is 19.8 Å². The Balaban J connectivity index is 1.99. The van der Waals surface area contributed by atoms with E-state index in [2.05, 4.69) is 42.4 Å². The van der Waals surface area contributed by atoms with Crippen molar-refractivity contribution in [1.29, 1.82) is 0 Å². The summed E-state index contributed by atoms with van der Waals surface area (Å²) in [7, 11) is 0. The Bertz CT molecular complexity index is 725. The first-order chi connectivity index (χ1) is 12.7. The fraction of sp³-hybridized carbons (Fsp3) is 0.625. The van der Waals surface area contributed by atoms with Gasteiger partial charge in [-0.3, -0.25) is 0 Å². The van der Waals surface area contributed by atoms with Gasteiger partial charge in [0.05, 0.1) is 19.7 Å². The van der Waals surface area contributed by atoms with Gasteiger partial charge in [-0.25, -0.2) is 15.0 Å². The first-order valence-electron chi connectivity index (χ1n) is 8.94. The summed E-state index contributed by atoms with van der Waals surface area (Å²) < 4.78 is 11.7. The van der Waals surface area contributed by atoms with Crippen LogP contribution in [0.4, 0.5) is 17.6 Å². The average molecular weight is 379 g/mol. The molecule has 0 saturated carbocycles. The van der Waals surface area contributed by atoms with Crippen LogP contribution in [0.5, 0.6) is 0 Å². The molecule has 10 heteroatoms. The molecule has 0 unspecified atom stereocenters. The van der Waals surface area contributed by atoms with Crippen molar-refractivity contribution in [2.24, 2.45) is 0 Å². The molecule has 0 aliphatic carbocycles. The second kappa shape index (κ2) is 9.15. The van der Waals surface area contributed by atoms with E-state index in [1.54, 1.807) is 0 Å². The maximum Gasteiger partial charge on any atom is 0.225 e. The molecule has 0 aromatic carbocycles. The SMILES string of the molecule is CCCCNc1ncnc2c(N3CC[S+]([O-])CC3)nc(NCCO)nc12. The van der Waals surface area contributed by atoms with Gasteiger partial charge in [0.25, 0.3) is 0 Å². The summed E-state index contributed by atoms with van der Waals surface area (Å²) >= 11 is -0.767. The van der Waals surface area contributed by atoms with E-state index < -0.39 is 11.2 Å². The molecule has 2 aromatic rings. The van der Waals surface area contributed by atoms with Crippen LogP contribution < -0.4 is 15.5 Å². The third-order valence-electron chi connectivity index (χ3n) is 4.16. The number of aliphatic hydroxyl groups is 1. The van der Waals surface area contributed by atoms with Crippen molar-refractivity contribution in [3.8, 4) is 0 Å². The Morgan fingerprint density at radius 3 is 2.69 bits per heavy atom. The predicted octanol–water partition coefficient (Wildman–Crippen LogP) is 0.605. The molecule has 0 radical (unpaired) electrons. The van der Waals surface area contributed by atoms with Crippen LogP contribution in [-0.4, -0.2) is 73.9 Å². The number of nitrogens with zero attached hydrogens (tertiary/aromatic N) is 5. The van der Waals surface area contributed by atoms with Crippen molar-refractivity contribution in [3.05, 3.63) is 6.33 Å². The van der Waals surface area contributed by atoms with Crippen LogP contribution in [0.1, 0.15) is 19.8 Å². The lowest BCUT2D eigenvalue weighted by atomic mass is 10.3. The molecule has 142 valence electrons. The van der Waals surface area contributed by atoms with Gasteiger partial charge in [0.2, 0.25) is 5.95 Å². The highest BCUT2D eigenvalue weighted by Gasteiger charge is 2.24. The van der Waals surface area contributed by atoms with E-state index in [4.69, 9.17) is 5.11 Å². The van der Waals surface area contributed by atoms with Crippen molar-refractivity contribution in [3.63, 3.8) is 0 Å². The van der Waals surface area contributed by atoms with Crippen LogP contribution in [0.3, 0.4) is 0 Å². The fourth-order valence-corrected chi connectivity index (χ4v) is 3.81. The zero-order valence-corrected chi connectivity index (χ0v) is 15.8. The lowest BCUT2D eigenvalue weighted by Crippen LogP contribution is -2.41. The van der Waals surface area contributed by atoms with Crippen molar-refractivity contribution >= 4 is 39.8 Å². The lowest BCUT2D eigenvalue weighted by Gasteiger charge is -2.29. The van der Waals surface area contributed by atoms with Gasteiger partial charge in [-0.1, -0.05) is 24.5 Å².